The maximum atomic E-state index is 5.88. The monoisotopic (exact) mass is 289 g/mol. The summed E-state index contributed by atoms with van der Waals surface area (Å²) >= 11 is 0. The van der Waals surface area contributed by atoms with E-state index in [0.717, 1.165) is 19.4 Å². The van der Waals surface area contributed by atoms with Gasteiger partial charge in [0.05, 0.1) is 6.10 Å². The minimum absolute atomic E-state index is 0.208. The quantitative estimate of drug-likeness (QED) is 0.847. The van der Waals surface area contributed by atoms with Crippen molar-refractivity contribution in [2.75, 3.05) is 6.61 Å². The highest BCUT2D eigenvalue weighted by Crippen LogP contribution is 2.34. The number of rotatable bonds is 5. The first-order valence-corrected chi connectivity index (χ1v) is 8.43. The van der Waals surface area contributed by atoms with Crippen molar-refractivity contribution in [2.24, 2.45) is 5.41 Å². The molecule has 1 fully saturated rings. The molecule has 0 bridgehead atoms. The number of hydrogen-bond acceptors (Lipinski definition) is 2. The summed E-state index contributed by atoms with van der Waals surface area (Å²) in [5.41, 5.74) is 1.60. The zero-order valence-corrected chi connectivity index (χ0v) is 14.1. The Morgan fingerprint density at radius 3 is 2.57 bits per heavy atom. The molecule has 2 rings (SSSR count). The van der Waals surface area contributed by atoms with Gasteiger partial charge in [-0.25, -0.2) is 0 Å². The van der Waals surface area contributed by atoms with E-state index < -0.39 is 0 Å². The second-order valence-corrected chi connectivity index (χ2v) is 7.38. The molecule has 0 aromatic heterocycles. The molecule has 1 aliphatic heterocycles. The highest BCUT2D eigenvalue weighted by molar-refractivity contribution is 5.21. The number of hydrogen-bond donors (Lipinski definition) is 1. The zero-order chi connectivity index (χ0) is 15.3. The summed E-state index contributed by atoms with van der Waals surface area (Å²) in [5, 5.41) is 3.92. The summed E-state index contributed by atoms with van der Waals surface area (Å²) in [6.07, 6.45) is 5.10. The molecule has 2 heteroatoms. The Balaban J connectivity index is 2.05. The van der Waals surface area contributed by atoms with Crippen LogP contribution in [0.5, 0.6) is 0 Å². The van der Waals surface area contributed by atoms with Gasteiger partial charge in [-0.05, 0) is 30.2 Å². The van der Waals surface area contributed by atoms with Crippen LogP contribution in [0.2, 0.25) is 0 Å². The van der Waals surface area contributed by atoms with Gasteiger partial charge in [-0.1, -0.05) is 64.4 Å². The third kappa shape index (κ3) is 4.82. The normalized spacial score (nSPS) is 24.8. The maximum absolute atomic E-state index is 5.88. The predicted molar refractivity (Wildman–Crippen MR) is 89.4 cm³/mol. The smallest absolute Gasteiger partial charge is 0.0589 e. The molecule has 0 saturated carbocycles. The van der Waals surface area contributed by atoms with Gasteiger partial charge in [0, 0.05) is 18.7 Å². The van der Waals surface area contributed by atoms with Gasteiger partial charge in [-0.15, -0.1) is 0 Å². The fraction of sp³-hybridized carbons (Fsp3) is 0.684. The molecule has 1 N–H and O–H groups in total. The first-order valence-electron chi connectivity index (χ1n) is 8.43. The van der Waals surface area contributed by atoms with E-state index in [2.05, 4.69) is 63.3 Å². The highest BCUT2D eigenvalue weighted by Gasteiger charge is 2.30. The van der Waals surface area contributed by atoms with Crippen LogP contribution in [-0.2, 0) is 4.74 Å². The molecule has 3 atom stereocenters. The lowest BCUT2D eigenvalue weighted by molar-refractivity contribution is -0.00786. The summed E-state index contributed by atoms with van der Waals surface area (Å²) in [5.74, 6) is 0. The van der Waals surface area contributed by atoms with Crippen molar-refractivity contribution in [3.8, 4) is 0 Å². The molecule has 2 nitrogen and oxygen atoms in total. The van der Waals surface area contributed by atoms with Crippen LogP contribution >= 0.6 is 0 Å². The molecule has 21 heavy (non-hydrogen) atoms. The summed E-state index contributed by atoms with van der Waals surface area (Å²) in [6, 6.07) is 11.8. The lowest BCUT2D eigenvalue weighted by Gasteiger charge is -2.38. The Morgan fingerprint density at radius 2 is 1.95 bits per heavy atom. The van der Waals surface area contributed by atoms with E-state index in [1.165, 1.54) is 18.4 Å². The Hall–Kier alpha value is -0.860. The fourth-order valence-corrected chi connectivity index (χ4v) is 3.28. The van der Waals surface area contributed by atoms with Crippen molar-refractivity contribution in [1.82, 2.24) is 5.32 Å². The highest BCUT2D eigenvalue weighted by atomic mass is 16.5. The largest absolute Gasteiger partial charge is 0.378 e. The van der Waals surface area contributed by atoms with Gasteiger partial charge in [0.2, 0.25) is 0 Å². The predicted octanol–water partition coefficient (Wildman–Crippen LogP) is 4.71. The molecular formula is C19H31NO. The van der Waals surface area contributed by atoms with E-state index >= 15 is 0 Å². The number of nitrogens with one attached hydrogen (secondary N) is 1. The summed E-state index contributed by atoms with van der Waals surface area (Å²) in [7, 11) is 0. The van der Waals surface area contributed by atoms with Gasteiger partial charge in [0.1, 0.15) is 0 Å². The summed E-state index contributed by atoms with van der Waals surface area (Å²) in [4.78, 5) is 0. The SMILES string of the molecule is CCCC1CC(NC(c2ccccc2)C(C)(C)C)CCO1. The topological polar surface area (TPSA) is 21.3 Å². The van der Waals surface area contributed by atoms with Crippen LogP contribution in [0.3, 0.4) is 0 Å². The third-order valence-corrected chi connectivity index (χ3v) is 4.38. The van der Waals surface area contributed by atoms with E-state index in [-0.39, 0.29) is 5.41 Å². The lowest BCUT2D eigenvalue weighted by atomic mass is 9.81. The standard InChI is InChI=1S/C19H31NO/c1-5-9-17-14-16(12-13-21-17)20-18(19(2,3)4)15-10-7-6-8-11-15/h6-8,10-11,16-18,20H,5,9,12-14H2,1-4H3. The molecule has 1 heterocycles. The second-order valence-electron chi connectivity index (χ2n) is 7.38. The maximum Gasteiger partial charge on any atom is 0.0589 e. The third-order valence-electron chi connectivity index (χ3n) is 4.38. The molecule has 1 aromatic rings. The van der Waals surface area contributed by atoms with Crippen LogP contribution in [0, 0.1) is 5.41 Å². The van der Waals surface area contributed by atoms with Crippen molar-refractivity contribution in [3.63, 3.8) is 0 Å². The lowest BCUT2D eigenvalue weighted by Crippen LogP contribution is -2.44. The molecular weight excluding hydrogens is 258 g/mol. The molecule has 1 aliphatic rings. The summed E-state index contributed by atoms with van der Waals surface area (Å²) < 4.78 is 5.88. The van der Waals surface area contributed by atoms with E-state index in [9.17, 15) is 0 Å². The average molecular weight is 289 g/mol. The van der Waals surface area contributed by atoms with E-state index in [1.54, 1.807) is 0 Å². The van der Waals surface area contributed by atoms with Crippen LogP contribution < -0.4 is 5.32 Å². The molecule has 0 amide bonds. The molecule has 0 aliphatic carbocycles. The number of benzene rings is 1. The summed E-state index contributed by atoms with van der Waals surface area (Å²) in [6.45, 7) is 10.1. The van der Waals surface area contributed by atoms with Crippen molar-refractivity contribution < 1.29 is 4.74 Å². The fourth-order valence-electron chi connectivity index (χ4n) is 3.28. The number of ether oxygens (including phenoxy) is 1. The first-order chi connectivity index (χ1) is 10.0. The van der Waals surface area contributed by atoms with Gasteiger partial charge in [-0.2, -0.15) is 0 Å². The van der Waals surface area contributed by atoms with Gasteiger partial charge in [-0.3, -0.25) is 0 Å². The van der Waals surface area contributed by atoms with Crippen molar-refractivity contribution in [1.29, 1.82) is 0 Å². The van der Waals surface area contributed by atoms with Gasteiger partial charge >= 0.3 is 0 Å². The Bertz CT molecular complexity index is 407. The molecule has 0 spiro atoms. The van der Waals surface area contributed by atoms with Crippen LogP contribution in [0.1, 0.15) is 65.0 Å². The minimum atomic E-state index is 0.208. The van der Waals surface area contributed by atoms with Crippen LogP contribution in [0.25, 0.3) is 0 Å². The van der Waals surface area contributed by atoms with Crippen molar-refractivity contribution in [2.45, 2.75) is 71.6 Å². The van der Waals surface area contributed by atoms with Gasteiger partial charge in [0.15, 0.2) is 0 Å². The molecule has 1 aromatic carbocycles. The molecule has 118 valence electrons. The van der Waals surface area contributed by atoms with Gasteiger partial charge in [0.25, 0.3) is 0 Å². The van der Waals surface area contributed by atoms with E-state index in [0.29, 0.717) is 18.2 Å². The van der Waals surface area contributed by atoms with Crippen molar-refractivity contribution >= 4 is 0 Å². The molecule has 1 saturated heterocycles. The average Bonchev–Trinajstić information content (AvgIpc) is 2.45. The zero-order valence-electron chi connectivity index (χ0n) is 14.1. The first kappa shape index (κ1) is 16.5. The van der Waals surface area contributed by atoms with Gasteiger partial charge < -0.3 is 10.1 Å². The van der Waals surface area contributed by atoms with Crippen LogP contribution in [0.4, 0.5) is 0 Å². The van der Waals surface area contributed by atoms with E-state index in [4.69, 9.17) is 4.74 Å². The Labute approximate surface area is 130 Å². The second kappa shape index (κ2) is 7.42. The van der Waals surface area contributed by atoms with Crippen molar-refractivity contribution in [3.05, 3.63) is 35.9 Å². The van der Waals surface area contributed by atoms with E-state index in [1.807, 2.05) is 0 Å². The van der Waals surface area contributed by atoms with Crippen LogP contribution in [0.15, 0.2) is 30.3 Å². The molecule has 0 radical (unpaired) electrons. The Morgan fingerprint density at radius 1 is 1.24 bits per heavy atom. The Kier molecular flexibility index (Phi) is 5.83. The van der Waals surface area contributed by atoms with Crippen LogP contribution in [-0.4, -0.2) is 18.8 Å². The minimum Gasteiger partial charge on any atom is -0.378 e. The molecule has 3 unspecified atom stereocenters.